The van der Waals surface area contributed by atoms with Gasteiger partial charge in [-0.15, -0.1) is 4.40 Å². The van der Waals surface area contributed by atoms with Crippen LogP contribution in [0.15, 0.2) is 80.9 Å². The van der Waals surface area contributed by atoms with Crippen LogP contribution in [-0.4, -0.2) is 42.7 Å². The molecule has 5 rings (SSSR count). The number of hydrogen-bond donors (Lipinski definition) is 4. The maximum Gasteiger partial charge on any atom is 0.337 e. The van der Waals surface area contributed by atoms with Gasteiger partial charge >= 0.3 is 5.97 Å². The summed E-state index contributed by atoms with van der Waals surface area (Å²) in [5.41, 5.74) is 0.809. The van der Waals surface area contributed by atoms with Crippen LogP contribution >= 0.6 is 10.8 Å². The molecule has 2 aromatic heterocycles. The summed E-state index contributed by atoms with van der Waals surface area (Å²) >= 11 is 0. The first kappa shape index (κ1) is 22.6. The Balaban J connectivity index is 1.67. The molecule has 0 saturated heterocycles. The Kier molecular flexibility index (Phi) is 5.52. The molecule has 0 saturated carbocycles. The normalized spacial score (nSPS) is 15.0. The summed E-state index contributed by atoms with van der Waals surface area (Å²) in [5, 5.41) is 14.3. The van der Waals surface area contributed by atoms with Gasteiger partial charge in [0.15, 0.2) is 5.84 Å². The molecule has 0 radical (unpaired) electrons. The maximum absolute atomic E-state index is 13.7. The standard InChI is InChI=1S/C24H20N4O6S/c1-34-24(31)15-10-8-14(9-11-15)13-28-22-16(5-4-12-25-22)20(29)19(23(28)30)21-26-17-6-2-3-7-18(17)35(32,33)27-21/h2-12,29,32-33H,13H2,1H3,(H,26,27). The van der Waals surface area contributed by atoms with Crippen LogP contribution in [0.3, 0.4) is 0 Å². The predicted octanol–water partition coefficient (Wildman–Crippen LogP) is 3.83. The number of esters is 1. The van der Waals surface area contributed by atoms with E-state index in [1.54, 1.807) is 54.6 Å². The molecular formula is C24H20N4O6S. The van der Waals surface area contributed by atoms with E-state index in [0.717, 1.165) is 0 Å². The predicted molar refractivity (Wildman–Crippen MR) is 132 cm³/mol. The molecule has 0 amide bonds. The highest BCUT2D eigenvalue weighted by atomic mass is 32.3. The molecule has 0 aliphatic carbocycles. The number of aromatic hydroxyl groups is 1. The van der Waals surface area contributed by atoms with Gasteiger partial charge in [-0.25, -0.2) is 9.78 Å². The number of nitrogens with zero attached hydrogens (tertiary/aromatic N) is 3. The summed E-state index contributed by atoms with van der Waals surface area (Å²) in [5.74, 6) is -1.02. The van der Waals surface area contributed by atoms with E-state index < -0.39 is 22.3 Å². The fourth-order valence-corrected chi connectivity index (χ4v) is 5.08. The summed E-state index contributed by atoms with van der Waals surface area (Å²) in [6.07, 6.45) is 1.50. The zero-order valence-corrected chi connectivity index (χ0v) is 19.2. The van der Waals surface area contributed by atoms with Crippen LogP contribution in [0.4, 0.5) is 5.69 Å². The van der Waals surface area contributed by atoms with Gasteiger partial charge in [0.1, 0.15) is 21.9 Å². The van der Waals surface area contributed by atoms with Gasteiger partial charge in [-0.3, -0.25) is 18.5 Å². The van der Waals surface area contributed by atoms with Gasteiger partial charge < -0.3 is 15.2 Å². The fraction of sp³-hybridized carbons (Fsp3) is 0.0833. The van der Waals surface area contributed by atoms with Gasteiger partial charge in [-0.1, -0.05) is 35.0 Å². The molecule has 0 spiro atoms. The van der Waals surface area contributed by atoms with E-state index in [0.29, 0.717) is 16.8 Å². The fourth-order valence-electron chi connectivity index (χ4n) is 3.91. The van der Waals surface area contributed by atoms with Crippen LogP contribution in [0, 0.1) is 0 Å². The smallest absolute Gasteiger partial charge is 0.337 e. The maximum atomic E-state index is 13.7. The number of pyridine rings is 2. The molecule has 2 aromatic carbocycles. The molecule has 10 nitrogen and oxygen atoms in total. The van der Waals surface area contributed by atoms with E-state index in [-0.39, 0.29) is 39.6 Å². The van der Waals surface area contributed by atoms with Gasteiger partial charge in [0, 0.05) is 6.20 Å². The van der Waals surface area contributed by atoms with Crippen molar-refractivity contribution >= 4 is 39.3 Å². The highest BCUT2D eigenvalue weighted by Gasteiger charge is 2.30. The van der Waals surface area contributed by atoms with Crippen molar-refractivity contribution in [3.63, 3.8) is 0 Å². The van der Waals surface area contributed by atoms with Crippen LogP contribution in [-0.2, 0) is 11.3 Å². The number of carbonyl (C=O) groups excluding carboxylic acids is 1. The molecule has 11 heteroatoms. The number of nitrogens with one attached hydrogen (secondary N) is 1. The number of benzene rings is 2. The minimum absolute atomic E-state index is 0.0706. The second-order valence-corrected chi connectivity index (χ2v) is 9.42. The first-order chi connectivity index (χ1) is 16.8. The molecule has 35 heavy (non-hydrogen) atoms. The Morgan fingerprint density at radius 2 is 1.83 bits per heavy atom. The zero-order valence-electron chi connectivity index (χ0n) is 18.4. The molecule has 4 aromatic rings. The van der Waals surface area contributed by atoms with Gasteiger partial charge in [-0.05, 0) is 42.0 Å². The third-order valence-corrected chi connectivity index (χ3v) is 6.98. The number of carbonyl (C=O) groups is 1. The Hall–Kier alpha value is -4.19. The number of para-hydroxylation sites is 1. The zero-order chi connectivity index (χ0) is 24.7. The summed E-state index contributed by atoms with van der Waals surface area (Å²) in [4.78, 5) is 29.9. The number of anilines is 1. The van der Waals surface area contributed by atoms with Crippen molar-refractivity contribution < 1.29 is 23.7 Å². The van der Waals surface area contributed by atoms with Crippen LogP contribution in [0.2, 0.25) is 0 Å². The Labute approximate surface area is 200 Å². The second-order valence-electron chi connectivity index (χ2n) is 7.76. The summed E-state index contributed by atoms with van der Waals surface area (Å²) in [7, 11) is -2.31. The molecule has 0 unspecified atom stereocenters. The van der Waals surface area contributed by atoms with Crippen LogP contribution in [0.1, 0.15) is 21.5 Å². The van der Waals surface area contributed by atoms with Crippen molar-refractivity contribution in [2.75, 3.05) is 12.4 Å². The molecule has 1 aliphatic heterocycles. The van der Waals surface area contributed by atoms with E-state index in [1.807, 2.05) is 0 Å². The molecular weight excluding hydrogens is 472 g/mol. The Bertz CT molecular complexity index is 1560. The quantitative estimate of drug-likeness (QED) is 0.314. The van der Waals surface area contributed by atoms with Crippen molar-refractivity contribution in [1.82, 2.24) is 9.55 Å². The van der Waals surface area contributed by atoms with Crippen LogP contribution < -0.4 is 10.9 Å². The molecule has 4 N–H and O–H groups in total. The van der Waals surface area contributed by atoms with Gasteiger partial charge in [0.05, 0.1) is 30.3 Å². The van der Waals surface area contributed by atoms with Crippen molar-refractivity contribution in [1.29, 1.82) is 0 Å². The minimum Gasteiger partial charge on any atom is -0.506 e. The van der Waals surface area contributed by atoms with E-state index in [1.165, 1.54) is 23.9 Å². The average Bonchev–Trinajstić information content (AvgIpc) is 2.86. The van der Waals surface area contributed by atoms with Crippen LogP contribution in [0.5, 0.6) is 5.75 Å². The van der Waals surface area contributed by atoms with Crippen molar-refractivity contribution in [2.24, 2.45) is 4.40 Å². The van der Waals surface area contributed by atoms with E-state index in [9.17, 15) is 23.8 Å². The lowest BCUT2D eigenvalue weighted by atomic mass is 10.1. The Morgan fingerprint density at radius 1 is 1.09 bits per heavy atom. The first-order valence-electron chi connectivity index (χ1n) is 10.4. The lowest BCUT2D eigenvalue weighted by molar-refractivity contribution is 0.0600. The lowest BCUT2D eigenvalue weighted by Gasteiger charge is -2.34. The van der Waals surface area contributed by atoms with Gasteiger partial charge in [0.25, 0.3) is 5.56 Å². The SMILES string of the molecule is COC(=O)c1ccc(Cn2c(=O)c(C3=NS(O)(O)c4ccccc4N3)c(O)c3cccnc32)cc1. The number of amidine groups is 1. The number of fused-ring (bicyclic) bond motifs is 2. The van der Waals surface area contributed by atoms with Crippen molar-refractivity contribution in [3.05, 3.63) is 93.9 Å². The number of hydrogen-bond acceptors (Lipinski definition) is 9. The average molecular weight is 493 g/mol. The topological polar surface area (TPSA) is 146 Å². The monoisotopic (exact) mass is 492 g/mol. The number of methoxy groups -OCH3 is 1. The number of aromatic nitrogens is 2. The molecule has 0 atom stereocenters. The van der Waals surface area contributed by atoms with E-state index >= 15 is 0 Å². The Morgan fingerprint density at radius 3 is 2.57 bits per heavy atom. The molecule has 0 fully saturated rings. The third kappa shape index (κ3) is 3.91. The van der Waals surface area contributed by atoms with E-state index in [2.05, 4.69) is 14.7 Å². The van der Waals surface area contributed by atoms with Gasteiger partial charge in [0.2, 0.25) is 0 Å². The van der Waals surface area contributed by atoms with Gasteiger partial charge in [-0.2, -0.15) is 0 Å². The summed E-state index contributed by atoms with van der Waals surface area (Å²) < 4.78 is 31.3. The van der Waals surface area contributed by atoms with Crippen molar-refractivity contribution in [2.45, 2.75) is 11.4 Å². The number of rotatable bonds is 4. The first-order valence-corrected chi connectivity index (χ1v) is 11.9. The van der Waals surface area contributed by atoms with E-state index in [4.69, 9.17) is 4.74 Å². The third-order valence-electron chi connectivity index (χ3n) is 5.60. The molecule has 1 aliphatic rings. The minimum atomic E-state index is -3.61. The second kappa shape index (κ2) is 8.55. The lowest BCUT2D eigenvalue weighted by Crippen LogP contribution is -2.32. The number of ether oxygens (including phenoxy) is 1. The molecule has 0 bridgehead atoms. The molecule has 178 valence electrons. The van der Waals surface area contributed by atoms with Crippen LogP contribution in [0.25, 0.3) is 11.0 Å². The summed E-state index contributed by atoms with van der Waals surface area (Å²) in [6, 6.07) is 16.3. The largest absolute Gasteiger partial charge is 0.506 e. The summed E-state index contributed by atoms with van der Waals surface area (Å²) in [6.45, 7) is 0.0706. The van der Waals surface area contributed by atoms with Crippen molar-refractivity contribution in [3.8, 4) is 5.75 Å². The highest BCUT2D eigenvalue weighted by molar-refractivity contribution is 8.23. The molecule has 3 heterocycles. The highest BCUT2D eigenvalue weighted by Crippen LogP contribution is 2.55.